The second kappa shape index (κ2) is 6.69. The molecule has 1 aromatic heterocycles. The van der Waals surface area contributed by atoms with Crippen LogP contribution in [0.2, 0.25) is 5.15 Å². The topological polar surface area (TPSA) is 29.5 Å². The minimum Gasteiger partial charge on any atom is -0.339 e. The van der Waals surface area contributed by atoms with Gasteiger partial charge >= 0.3 is 0 Å². The van der Waals surface area contributed by atoms with E-state index in [4.69, 9.17) is 11.6 Å². The first-order valence-corrected chi connectivity index (χ1v) is 8.34. The van der Waals surface area contributed by atoms with Gasteiger partial charge in [0.05, 0.1) is 5.52 Å². The van der Waals surface area contributed by atoms with Gasteiger partial charge in [0, 0.05) is 16.5 Å². The van der Waals surface area contributed by atoms with Gasteiger partial charge in [0.15, 0.2) is 0 Å². The molecule has 2 N–H and O–H groups in total. The molecule has 23 heavy (non-hydrogen) atoms. The summed E-state index contributed by atoms with van der Waals surface area (Å²) in [4.78, 5) is 4.60. The minimum atomic E-state index is 0.615. The Labute approximate surface area is 142 Å². The van der Waals surface area contributed by atoms with Crippen molar-refractivity contribution < 1.29 is 5.32 Å². The molecule has 0 aliphatic heterocycles. The Bertz CT molecular complexity index is 838. The summed E-state index contributed by atoms with van der Waals surface area (Å²) in [6.45, 7) is 8.09. The molecular weight excluding hydrogens is 304 g/mol. The molecule has 0 amide bonds. The molecule has 0 fully saturated rings. The van der Waals surface area contributed by atoms with Crippen LogP contribution in [0.25, 0.3) is 10.9 Å². The van der Waals surface area contributed by atoms with Gasteiger partial charge in [0.1, 0.15) is 18.2 Å². The van der Waals surface area contributed by atoms with E-state index in [0.717, 1.165) is 24.2 Å². The van der Waals surface area contributed by atoms with Crippen LogP contribution in [0.15, 0.2) is 42.5 Å². The van der Waals surface area contributed by atoms with Crippen molar-refractivity contribution in [3.63, 3.8) is 0 Å². The van der Waals surface area contributed by atoms with E-state index in [0.29, 0.717) is 5.15 Å². The second-order valence-corrected chi connectivity index (χ2v) is 6.63. The number of aryl methyl sites for hydroxylation is 3. The Morgan fingerprint density at radius 3 is 2.39 bits per heavy atom. The molecular formula is C20H22ClN2+. The molecule has 0 bridgehead atoms. The molecule has 0 aliphatic rings. The lowest BCUT2D eigenvalue weighted by Crippen LogP contribution is -2.80. The van der Waals surface area contributed by atoms with Gasteiger partial charge in [-0.3, -0.25) is 0 Å². The van der Waals surface area contributed by atoms with Crippen molar-refractivity contribution in [1.82, 2.24) is 4.98 Å². The smallest absolute Gasteiger partial charge is 0.138 e. The van der Waals surface area contributed by atoms with Crippen molar-refractivity contribution in [3.05, 3.63) is 75.4 Å². The van der Waals surface area contributed by atoms with E-state index >= 15 is 0 Å². The standard InChI is InChI=1S/C20H21ClN2/c1-13-4-6-16(7-5-13)11-22-12-18-10-17-9-14(2)8-15(3)19(17)23-20(18)21/h4-10,22H,11-12H2,1-3H3/p+1. The molecule has 3 heteroatoms. The third kappa shape index (κ3) is 3.72. The predicted octanol–water partition coefficient (Wildman–Crippen LogP) is 4.08. The van der Waals surface area contributed by atoms with Crippen LogP contribution in [0.3, 0.4) is 0 Å². The zero-order valence-electron chi connectivity index (χ0n) is 13.9. The van der Waals surface area contributed by atoms with E-state index in [1.54, 1.807) is 0 Å². The summed E-state index contributed by atoms with van der Waals surface area (Å²) in [6, 6.07) is 15.2. The van der Waals surface area contributed by atoms with Crippen molar-refractivity contribution in [2.45, 2.75) is 33.9 Å². The van der Waals surface area contributed by atoms with Crippen molar-refractivity contribution >= 4 is 22.5 Å². The summed E-state index contributed by atoms with van der Waals surface area (Å²) in [7, 11) is 0. The molecule has 2 aromatic carbocycles. The number of hydrogen-bond donors (Lipinski definition) is 1. The summed E-state index contributed by atoms with van der Waals surface area (Å²) in [5.74, 6) is 0. The first-order valence-electron chi connectivity index (χ1n) is 7.96. The summed E-state index contributed by atoms with van der Waals surface area (Å²) >= 11 is 6.39. The normalized spacial score (nSPS) is 11.1. The van der Waals surface area contributed by atoms with Crippen molar-refractivity contribution in [2.75, 3.05) is 0 Å². The van der Waals surface area contributed by atoms with Gasteiger partial charge in [0.25, 0.3) is 0 Å². The van der Waals surface area contributed by atoms with Crippen molar-refractivity contribution in [2.24, 2.45) is 0 Å². The number of nitrogens with zero attached hydrogens (tertiary/aromatic N) is 1. The maximum absolute atomic E-state index is 6.39. The molecule has 2 nitrogen and oxygen atoms in total. The molecule has 0 radical (unpaired) electrons. The van der Waals surface area contributed by atoms with Gasteiger partial charge in [-0.2, -0.15) is 0 Å². The molecule has 1 heterocycles. The van der Waals surface area contributed by atoms with Crippen molar-refractivity contribution in [1.29, 1.82) is 0 Å². The lowest BCUT2D eigenvalue weighted by Gasteiger charge is -2.09. The molecule has 0 atom stereocenters. The third-order valence-electron chi connectivity index (χ3n) is 4.14. The summed E-state index contributed by atoms with van der Waals surface area (Å²) in [5.41, 5.74) is 7.15. The SMILES string of the molecule is Cc1ccc(C[NH2+]Cc2cc3cc(C)cc(C)c3nc2Cl)cc1. The number of rotatable bonds is 4. The van der Waals surface area contributed by atoms with Crippen LogP contribution in [-0.2, 0) is 13.1 Å². The van der Waals surface area contributed by atoms with Gasteiger partial charge in [-0.15, -0.1) is 0 Å². The van der Waals surface area contributed by atoms with E-state index in [1.807, 2.05) is 0 Å². The largest absolute Gasteiger partial charge is 0.339 e. The first kappa shape index (κ1) is 16.0. The molecule has 0 aliphatic carbocycles. The average Bonchev–Trinajstić information content (AvgIpc) is 2.50. The number of nitrogens with two attached hydrogens (primary N) is 1. The highest BCUT2D eigenvalue weighted by atomic mass is 35.5. The Hall–Kier alpha value is -1.90. The number of pyridine rings is 1. The average molecular weight is 326 g/mol. The second-order valence-electron chi connectivity index (χ2n) is 6.27. The van der Waals surface area contributed by atoms with E-state index in [1.165, 1.54) is 27.6 Å². The third-order valence-corrected chi connectivity index (χ3v) is 4.47. The molecule has 0 saturated carbocycles. The lowest BCUT2D eigenvalue weighted by atomic mass is 10.1. The fraction of sp³-hybridized carbons (Fsp3) is 0.250. The van der Waals surface area contributed by atoms with Crippen LogP contribution in [-0.4, -0.2) is 4.98 Å². The molecule has 118 valence electrons. The number of quaternary nitrogens is 1. The monoisotopic (exact) mass is 325 g/mol. The number of fused-ring (bicyclic) bond motifs is 1. The highest BCUT2D eigenvalue weighted by Crippen LogP contribution is 2.23. The zero-order valence-corrected chi connectivity index (χ0v) is 14.6. The highest BCUT2D eigenvalue weighted by Gasteiger charge is 2.09. The van der Waals surface area contributed by atoms with Crippen LogP contribution < -0.4 is 5.32 Å². The Balaban J connectivity index is 1.77. The van der Waals surface area contributed by atoms with Crippen LogP contribution in [0, 0.1) is 20.8 Å². The van der Waals surface area contributed by atoms with Crippen LogP contribution in [0.1, 0.15) is 27.8 Å². The van der Waals surface area contributed by atoms with Gasteiger partial charge in [-0.25, -0.2) is 4.98 Å². The molecule has 0 saturated heterocycles. The molecule has 3 aromatic rings. The van der Waals surface area contributed by atoms with Gasteiger partial charge in [-0.1, -0.05) is 53.1 Å². The van der Waals surface area contributed by atoms with E-state index in [-0.39, 0.29) is 0 Å². The zero-order chi connectivity index (χ0) is 16.4. The quantitative estimate of drug-likeness (QED) is 0.720. The lowest BCUT2D eigenvalue weighted by molar-refractivity contribution is -0.686. The van der Waals surface area contributed by atoms with E-state index in [9.17, 15) is 0 Å². The molecule has 0 unspecified atom stereocenters. The fourth-order valence-corrected chi connectivity index (χ4v) is 3.15. The van der Waals surface area contributed by atoms with Gasteiger partial charge in [0.2, 0.25) is 0 Å². The predicted molar refractivity (Wildman–Crippen MR) is 96.7 cm³/mol. The Kier molecular flexibility index (Phi) is 4.65. The number of aromatic nitrogens is 1. The minimum absolute atomic E-state index is 0.615. The molecule has 3 rings (SSSR count). The fourth-order valence-electron chi connectivity index (χ4n) is 2.93. The van der Waals surface area contributed by atoms with E-state index in [2.05, 4.69) is 73.5 Å². The van der Waals surface area contributed by atoms with Crippen LogP contribution in [0.4, 0.5) is 0 Å². The summed E-state index contributed by atoms with van der Waals surface area (Å²) in [6.07, 6.45) is 0. The van der Waals surface area contributed by atoms with Crippen molar-refractivity contribution in [3.8, 4) is 0 Å². The number of benzene rings is 2. The first-order chi connectivity index (χ1) is 11.0. The number of hydrogen-bond acceptors (Lipinski definition) is 1. The van der Waals surface area contributed by atoms with Crippen LogP contribution in [0.5, 0.6) is 0 Å². The van der Waals surface area contributed by atoms with Gasteiger partial charge < -0.3 is 5.32 Å². The Morgan fingerprint density at radius 2 is 1.65 bits per heavy atom. The molecule has 0 spiro atoms. The highest BCUT2D eigenvalue weighted by molar-refractivity contribution is 6.30. The number of halogens is 1. The maximum atomic E-state index is 6.39. The van der Waals surface area contributed by atoms with Gasteiger partial charge in [-0.05, 0) is 38.5 Å². The summed E-state index contributed by atoms with van der Waals surface area (Å²) < 4.78 is 0. The maximum Gasteiger partial charge on any atom is 0.138 e. The summed E-state index contributed by atoms with van der Waals surface area (Å²) in [5, 5.41) is 4.05. The van der Waals surface area contributed by atoms with Crippen LogP contribution >= 0.6 is 11.6 Å². The Morgan fingerprint density at radius 1 is 0.913 bits per heavy atom. The van der Waals surface area contributed by atoms with E-state index < -0.39 is 0 Å².